The van der Waals surface area contributed by atoms with Crippen molar-refractivity contribution in [2.45, 2.75) is 51.2 Å². The van der Waals surface area contributed by atoms with Crippen LogP contribution in [0.15, 0.2) is 25.0 Å². The number of H-pyrrole nitrogens is 2. The molecular formula is C20H30N8O5. The number of aromatic amines is 2. The highest BCUT2D eigenvalue weighted by molar-refractivity contribution is 5.93. The standard InChI is InChI=1S/C20H30N8O5/c1-11(2)3-14(21)18(31)27-16(5-13-7-23-10-26-13)20(33)28-15(4-12-6-22-9-25-12)19(32)24-8-17(29)30/h6-7,9-11,14-16H,3-5,8,21H2,1-2H3,(H,22,25)(H,23,26)(H,24,32)(H,27,31)(H,28,33)(H,29,30). The molecule has 180 valence electrons. The highest BCUT2D eigenvalue weighted by Crippen LogP contribution is 2.06. The number of rotatable bonds is 13. The van der Waals surface area contributed by atoms with Crippen molar-refractivity contribution in [2.24, 2.45) is 11.7 Å². The zero-order chi connectivity index (χ0) is 24.4. The van der Waals surface area contributed by atoms with Gasteiger partial charge in [-0.2, -0.15) is 0 Å². The van der Waals surface area contributed by atoms with Gasteiger partial charge in [0.2, 0.25) is 17.7 Å². The fourth-order valence-electron chi connectivity index (χ4n) is 3.10. The van der Waals surface area contributed by atoms with Crippen LogP contribution in [0.25, 0.3) is 0 Å². The van der Waals surface area contributed by atoms with Crippen LogP contribution in [-0.4, -0.2) is 73.4 Å². The fraction of sp³-hybridized carbons (Fsp3) is 0.500. The summed E-state index contributed by atoms with van der Waals surface area (Å²) in [5.41, 5.74) is 7.10. The Morgan fingerprint density at radius 1 is 0.939 bits per heavy atom. The third-order valence-electron chi connectivity index (χ3n) is 4.70. The van der Waals surface area contributed by atoms with E-state index in [2.05, 4.69) is 35.9 Å². The summed E-state index contributed by atoms with van der Waals surface area (Å²) in [6, 6.07) is -2.96. The zero-order valence-corrected chi connectivity index (χ0v) is 18.5. The van der Waals surface area contributed by atoms with Crippen molar-refractivity contribution in [3.63, 3.8) is 0 Å². The molecule has 0 radical (unpaired) electrons. The summed E-state index contributed by atoms with van der Waals surface area (Å²) in [6.45, 7) is 3.25. The van der Waals surface area contributed by atoms with Gasteiger partial charge >= 0.3 is 5.97 Å². The molecule has 0 aliphatic heterocycles. The molecule has 13 nitrogen and oxygen atoms in total. The fourth-order valence-corrected chi connectivity index (χ4v) is 3.10. The average Bonchev–Trinajstić information content (AvgIpc) is 3.44. The summed E-state index contributed by atoms with van der Waals surface area (Å²) in [5, 5.41) is 16.3. The Morgan fingerprint density at radius 2 is 1.45 bits per heavy atom. The van der Waals surface area contributed by atoms with Crippen molar-refractivity contribution < 1.29 is 24.3 Å². The first kappa shape index (κ1) is 25.5. The van der Waals surface area contributed by atoms with Crippen LogP contribution in [0.2, 0.25) is 0 Å². The summed E-state index contributed by atoms with van der Waals surface area (Å²) < 4.78 is 0. The topological polar surface area (TPSA) is 208 Å². The number of hydrogen-bond donors (Lipinski definition) is 7. The normalized spacial score (nSPS) is 13.7. The Balaban J connectivity index is 2.16. The molecular weight excluding hydrogens is 432 g/mol. The second-order valence-electron chi connectivity index (χ2n) is 8.03. The van der Waals surface area contributed by atoms with E-state index < -0.39 is 48.4 Å². The largest absolute Gasteiger partial charge is 0.480 e. The van der Waals surface area contributed by atoms with Gasteiger partial charge in [-0.05, 0) is 12.3 Å². The number of carboxylic acid groups (broad SMARTS) is 1. The molecule has 33 heavy (non-hydrogen) atoms. The number of aliphatic carboxylic acids is 1. The van der Waals surface area contributed by atoms with E-state index in [1.54, 1.807) is 0 Å². The number of carbonyl (C=O) groups excluding carboxylic acids is 3. The van der Waals surface area contributed by atoms with Crippen LogP contribution in [0.3, 0.4) is 0 Å². The summed E-state index contributed by atoms with van der Waals surface area (Å²) in [7, 11) is 0. The minimum absolute atomic E-state index is 0.0365. The van der Waals surface area contributed by atoms with E-state index in [1.165, 1.54) is 25.0 Å². The van der Waals surface area contributed by atoms with Crippen molar-refractivity contribution >= 4 is 23.7 Å². The van der Waals surface area contributed by atoms with Gasteiger partial charge in [0.05, 0.1) is 18.7 Å². The van der Waals surface area contributed by atoms with Gasteiger partial charge in [-0.25, -0.2) is 9.97 Å². The minimum atomic E-state index is -1.22. The molecule has 2 rings (SSSR count). The Bertz CT molecular complexity index is 913. The van der Waals surface area contributed by atoms with Crippen LogP contribution >= 0.6 is 0 Å². The van der Waals surface area contributed by atoms with E-state index in [1.807, 2.05) is 13.8 Å². The second kappa shape index (κ2) is 12.3. The zero-order valence-electron chi connectivity index (χ0n) is 18.5. The SMILES string of the molecule is CC(C)CC(N)C(=O)NC(Cc1cnc[nH]1)C(=O)NC(Cc1cnc[nH]1)C(=O)NCC(=O)O. The third-order valence-corrected chi connectivity index (χ3v) is 4.70. The highest BCUT2D eigenvalue weighted by Gasteiger charge is 2.29. The van der Waals surface area contributed by atoms with Gasteiger partial charge in [0.25, 0.3) is 0 Å². The van der Waals surface area contributed by atoms with Crippen molar-refractivity contribution in [3.05, 3.63) is 36.4 Å². The van der Waals surface area contributed by atoms with E-state index >= 15 is 0 Å². The lowest BCUT2D eigenvalue weighted by Crippen LogP contribution is -2.57. The number of amides is 3. The lowest BCUT2D eigenvalue weighted by molar-refractivity contribution is -0.138. The van der Waals surface area contributed by atoms with Crippen LogP contribution in [-0.2, 0) is 32.0 Å². The molecule has 8 N–H and O–H groups in total. The van der Waals surface area contributed by atoms with E-state index in [-0.39, 0.29) is 18.8 Å². The monoisotopic (exact) mass is 462 g/mol. The number of imidazole rings is 2. The van der Waals surface area contributed by atoms with Crippen LogP contribution in [0.1, 0.15) is 31.7 Å². The predicted octanol–water partition coefficient (Wildman–Crippen LogP) is -1.54. The number of nitrogens with two attached hydrogens (primary N) is 1. The summed E-state index contributed by atoms with van der Waals surface area (Å²) in [4.78, 5) is 62.6. The lowest BCUT2D eigenvalue weighted by Gasteiger charge is -2.24. The molecule has 0 bridgehead atoms. The van der Waals surface area contributed by atoms with Crippen LogP contribution < -0.4 is 21.7 Å². The van der Waals surface area contributed by atoms with Crippen LogP contribution in [0.4, 0.5) is 0 Å². The smallest absolute Gasteiger partial charge is 0.322 e. The Labute approximate surface area is 190 Å². The van der Waals surface area contributed by atoms with E-state index in [0.717, 1.165) is 0 Å². The van der Waals surface area contributed by atoms with Gasteiger partial charge in [0, 0.05) is 36.6 Å². The molecule has 13 heteroatoms. The molecule has 0 saturated carbocycles. The number of carbonyl (C=O) groups is 4. The number of aromatic nitrogens is 4. The Kier molecular flexibility index (Phi) is 9.54. The summed E-state index contributed by atoms with van der Waals surface area (Å²) in [6.07, 6.45) is 6.41. The van der Waals surface area contributed by atoms with Gasteiger partial charge in [-0.1, -0.05) is 13.8 Å². The van der Waals surface area contributed by atoms with Crippen molar-refractivity contribution in [2.75, 3.05) is 6.54 Å². The van der Waals surface area contributed by atoms with Gasteiger partial charge in [-0.15, -0.1) is 0 Å². The van der Waals surface area contributed by atoms with E-state index in [4.69, 9.17) is 10.8 Å². The number of hydrogen-bond acceptors (Lipinski definition) is 7. The molecule has 2 aromatic heterocycles. The maximum atomic E-state index is 13.1. The van der Waals surface area contributed by atoms with Gasteiger partial charge in [0.1, 0.15) is 18.6 Å². The molecule has 0 spiro atoms. The number of nitrogens with zero attached hydrogens (tertiary/aromatic N) is 2. The first-order valence-electron chi connectivity index (χ1n) is 10.5. The molecule has 2 heterocycles. The molecule has 2 aromatic rings. The maximum absolute atomic E-state index is 13.1. The molecule has 0 aromatic carbocycles. The van der Waals surface area contributed by atoms with Gasteiger partial charge in [0.15, 0.2) is 0 Å². The quantitative estimate of drug-likeness (QED) is 0.185. The van der Waals surface area contributed by atoms with Crippen molar-refractivity contribution in [1.82, 2.24) is 35.9 Å². The summed E-state index contributed by atoms with van der Waals surface area (Å²) >= 11 is 0. The molecule has 3 amide bonds. The van der Waals surface area contributed by atoms with Gasteiger partial charge in [-0.3, -0.25) is 19.2 Å². The molecule has 0 fully saturated rings. The van der Waals surface area contributed by atoms with E-state index in [0.29, 0.717) is 17.8 Å². The summed E-state index contributed by atoms with van der Waals surface area (Å²) in [5.74, 6) is -2.86. The van der Waals surface area contributed by atoms with E-state index in [9.17, 15) is 19.2 Å². The van der Waals surface area contributed by atoms with Crippen LogP contribution in [0.5, 0.6) is 0 Å². The number of nitrogens with one attached hydrogen (secondary N) is 5. The average molecular weight is 463 g/mol. The molecule has 0 saturated heterocycles. The van der Waals surface area contributed by atoms with Crippen LogP contribution in [0, 0.1) is 5.92 Å². The molecule has 0 aliphatic rings. The lowest BCUT2D eigenvalue weighted by atomic mass is 10.0. The van der Waals surface area contributed by atoms with Crippen molar-refractivity contribution in [1.29, 1.82) is 0 Å². The van der Waals surface area contributed by atoms with Crippen molar-refractivity contribution in [3.8, 4) is 0 Å². The number of carboxylic acids is 1. The molecule has 3 unspecified atom stereocenters. The minimum Gasteiger partial charge on any atom is -0.480 e. The maximum Gasteiger partial charge on any atom is 0.322 e. The Morgan fingerprint density at radius 3 is 1.91 bits per heavy atom. The van der Waals surface area contributed by atoms with Gasteiger partial charge < -0.3 is 36.8 Å². The molecule has 0 aliphatic carbocycles. The predicted molar refractivity (Wildman–Crippen MR) is 117 cm³/mol. The first-order chi connectivity index (χ1) is 15.7. The second-order valence-corrected chi connectivity index (χ2v) is 8.03. The third kappa shape index (κ3) is 8.73. The highest BCUT2D eigenvalue weighted by atomic mass is 16.4. The molecule has 3 atom stereocenters. The Hall–Kier alpha value is -3.74. The first-order valence-corrected chi connectivity index (χ1v) is 10.5.